The van der Waals surface area contributed by atoms with E-state index in [1.165, 1.54) is 0 Å². The maximum absolute atomic E-state index is 12.1. The second-order valence-electron chi connectivity index (χ2n) is 7.40. The normalized spacial score (nSPS) is 23.8. The number of likely N-dealkylation sites (tertiary alicyclic amines) is 1. The molecule has 2 N–H and O–H groups in total. The lowest BCUT2D eigenvalue weighted by molar-refractivity contribution is -0.165. The first-order valence-electron chi connectivity index (χ1n) is 9.03. The third-order valence-corrected chi connectivity index (χ3v) is 5.20. The molecule has 0 spiro atoms. The van der Waals surface area contributed by atoms with Gasteiger partial charge in [0.25, 0.3) is 0 Å². The molecule has 1 aromatic heterocycles. The summed E-state index contributed by atoms with van der Waals surface area (Å²) in [4.78, 5) is 18.5. The highest BCUT2D eigenvalue weighted by molar-refractivity contribution is 5.76. The molecule has 1 aliphatic heterocycles. The Balaban J connectivity index is 2.22. The monoisotopic (exact) mass is 366 g/mol. The Morgan fingerprint density at radius 3 is 2.73 bits per heavy atom. The van der Waals surface area contributed by atoms with Gasteiger partial charge in [-0.25, -0.2) is 0 Å². The Hall–Kier alpha value is -1.86. The minimum Gasteiger partial charge on any atom is -0.493 e. The first-order chi connectivity index (χ1) is 12.3. The van der Waals surface area contributed by atoms with Crippen LogP contribution < -0.4 is 9.47 Å². The summed E-state index contributed by atoms with van der Waals surface area (Å²) < 4.78 is 10.7. The lowest BCUT2D eigenvalue weighted by atomic mass is 9.72. The van der Waals surface area contributed by atoms with E-state index < -0.39 is 17.5 Å². The van der Waals surface area contributed by atoms with Crippen LogP contribution in [0, 0.1) is 11.3 Å². The van der Waals surface area contributed by atoms with Gasteiger partial charge in [0.05, 0.1) is 20.3 Å². The molecule has 26 heavy (non-hydrogen) atoms. The van der Waals surface area contributed by atoms with Gasteiger partial charge in [-0.15, -0.1) is 0 Å². The number of ether oxygens (including phenoxy) is 2. The van der Waals surface area contributed by atoms with E-state index in [4.69, 9.17) is 9.47 Å². The SMILES string of the molecule is COc1ccnc(CN2CC[C@@H](O)[C@](CCC(C)C)(C(=O)O)C2)c1OC. The Kier molecular flexibility index (Phi) is 6.83. The minimum atomic E-state index is -1.14. The lowest BCUT2D eigenvalue weighted by Crippen LogP contribution is -2.55. The van der Waals surface area contributed by atoms with Crippen LogP contribution in [0.4, 0.5) is 0 Å². The van der Waals surface area contributed by atoms with Gasteiger partial charge in [-0.05, 0) is 25.2 Å². The predicted octanol–water partition coefficient (Wildman–Crippen LogP) is 2.17. The molecule has 0 radical (unpaired) electrons. The third kappa shape index (κ3) is 4.27. The number of carboxylic acids is 1. The second kappa shape index (κ2) is 8.68. The number of methoxy groups -OCH3 is 2. The number of nitrogens with zero attached hydrogens (tertiary/aromatic N) is 2. The van der Waals surface area contributed by atoms with Crippen molar-refractivity contribution in [3.8, 4) is 11.5 Å². The predicted molar refractivity (Wildman–Crippen MR) is 97.4 cm³/mol. The Bertz CT molecular complexity index is 622. The van der Waals surface area contributed by atoms with Crippen molar-refractivity contribution in [2.75, 3.05) is 27.3 Å². The fraction of sp³-hybridized carbons (Fsp3) is 0.684. The molecule has 0 aromatic carbocycles. The number of aliphatic hydroxyl groups excluding tert-OH is 1. The van der Waals surface area contributed by atoms with E-state index in [9.17, 15) is 15.0 Å². The van der Waals surface area contributed by atoms with Crippen LogP contribution in [-0.2, 0) is 11.3 Å². The molecular formula is C19H30N2O5. The third-order valence-electron chi connectivity index (χ3n) is 5.20. The summed E-state index contributed by atoms with van der Waals surface area (Å²) in [6.45, 7) is 5.48. The number of hydrogen-bond acceptors (Lipinski definition) is 6. The number of aliphatic hydroxyl groups is 1. The zero-order chi connectivity index (χ0) is 19.3. The fourth-order valence-electron chi connectivity index (χ4n) is 3.58. The highest BCUT2D eigenvalue weighted by Crippen LogP contribution is 2.38. The van der Waals surface area contributed by atoms with E-state index in [1.807, 2.05) is 4.90 Å². The van der Waals surface area contributed by atoms with Gasteiger partial charge in [0.2, 0.25) is 0 Å². The highest BCUT2D eigenvalue weighted by Gasteiger charge is 2.48. The van der Waals surface area contributed by atoms with E-state index >= 15 is 0 Å². The largest absolute Gasteiger partial charge is 0.493 e. The van der Waals surface area contributed by atoms with E-state index in [-0.39, 0.29) is 6.54 Å². The second-order valence-corrected chi connectivity index (χ2v) is 7.40. The molecule has 2 heterocycles. The van der Waals surface area contributed by atoms with Crippen LogP contribution in [0.2, 0.25) is 0 Å². The Labute approximate surface area is 154 Å². The summed E-state index contributed by atoms with van der Waals surface area (Å²) in [5.74, 6) is 0.609. The van der Waals surface area contributed by atoms with E-state index in [2.05, 4.69) is 18.8 Å². The average Bonchev–Trinajstić information content (AvgIpc) is 2.61. The summed E-state index contributed by atoms with van der Waals surface area (Å²) in [5.41, 5.74) is -0.444. The molecule has 146 valence electrons. The van der Waals surface area contributed by atoms with E-state index in [0.29, 0.717) is 49.0 Å². The quantitative estimate of drug-likeness (QED) is 0.728. The first-order valence-corrected chi connectivity index (χ1v) is 9.03. The first kappa shape index (κ1) is 20.5. The number of hydrogen-bond donors (Lipinski definition) is 2. The van der Waals surface area contributed by atoms with Gasteiger partial charge in [0.15, 0.2) is 11.5 Å². The van der Waals surface area contributed by atoms with Gasteiger partial charge in [0, 0.05) is 31.9 Å². The molecule has 7 nitrogen and oxygen atoms in total. The van der Waals surface area contributed by atoms with Gasteiger partial charge < -0.3 is 19.7 Å². The Morgan fingerprint density at radius 2 is 2.15 bits per heavy atom. The molecule has 0 saturated carbocycles. The molecule has 1 saturated heterocycles. The number of aromatic nitrogens is 1. The summed E-state index contributed by atoms with van der Waals surface area (Å²) in [6.07, 6.45) is 2.46. The number of pyridine rings is 1. The average molecular weight is 366 g/mol. The van der Waals surface area contributed by atoms with Crippen LogP contribution in [0.3, 0.4) is 0 Å². The molecule has 0 amide bonds. The number of aliphatic carboxylic acids is 1. The van der Waals surface area contributed by atoms with Crippen molar-refractivity contribution in [2.45, 2.75) is 45.8 Å². The zero-order valence-electron chi connectivity index (χ0n) is 16.1. The summed E-state index contributed by atoms with van der Waals surface area (Å²) in [7, 11) is 3.13. The van der Waals surface area contributed by atoms with Gasteiger partial charge in [-0.2, -0.15) is 0 Å². The van der Waals surface area contributed by atoms with Crippen LogP contribution in [0.25, 0.3) is 0 Å². The standard InChI is InChI=1S/C19H30N2O5/c1-13(2)5-8-19(18(23)24)12-21(10-7-16(19)22)11-14-17(26-4)15(25-3)6-9-20-14/h6,9,13,16,22H,5,7-8,10-12H2,1-4H3,(H,23,24)/t16-,19-/m1/s1. The molecular weight excluding hydrogens is 336 g/mol. The lowest BCUT2D eigenvalue weighted by Gasteiger charge is -2.43. The maximum Gasteiger partial charge on any atom is 0.313 e. The molecule has 1 fully saturated rings. The van der Waals surface area contributed by atoms with Gasteiger partial charge >= 0.3 is 5.97 Å². The number of carbonyl (C=O) groups is 1. The van der Waals surface area contributed by atoms with Gasteiger partial charge in [0.1, 0.15) is 11.1 Å². The van der Waals surface area contributed by atoms with E-state index in [1.54, 1.807) is 26.5 Å². The van der Waals surface area contributed by atoms with Crippen molar-refractivity contribution in [1.82, 2.24) is 9.88 Å². The molecule has 1 aromatic rings. The van der Waals surface area contributed by atoms with Crippen molar-refractivity contribution in [3.63, 3.8) is 0 Å². The van der Waals surface area contributed by atoms with Crippen molar-refractivity contribution in [2.24, 2.45) is 11.3 Å². The van der Waals surface area contributed by atoms with E-state index in [0.717, 1.165) is 6.42 Å². The molecule has 1 aliphatic rings. The molecule has 0 aliphatic carbocycles. The summed E-state index contributed by atoms with van der Waals surface area (Å²) in [5, 5.41) is 20.4. The number of piperidine rings is 1. The zero-order valence-corrected chi connectivity index (χ0v) is 16.1. The number of carboxylic acid groups (broad SMARTS) is 1. The van der Waals surface area contributed by atoms with Crippen LogP contribution in [0.5, 0.6) is 11.5 Å². The smallest absolute Gasteiger partial charge is 0.313 e. The van der Waals surface area contributed by atoms with Crippen molar-refractivity contribution >= 4 is 5.97 Å². The van der Waals surface area contributed by atoms with Crippen molar-refractivity contribution < 1.29 is 24.5 Å². The molecule has 0 bridgehead atoms. The van der Waals surface area contributed by atoms with Crippen LogP contribution in [-0.4, -0.2) is 59.5 Å². The fourth-order valence-corrected chi connectivity index (χ4v) is 3.58. The summed E-state index contributed by atoms with van der Waals surface area (Å²) in [6, 6.07) is 1.73. The summed E-state index contributed by atoms with van der Waals surface area (Å²) >= 11 is 0. The molecule has 7 heteroatoms. The molecule has 2 rings (SSSR count). The van der Waals surface area contributed by atoms with Gasteiger partial charge in [-0.1, -0.05) is 13.8 Å². The minimum absolute atomic E-state index is 0.290. The van der Waals surface area contributed by atoms with Crippen LogP contribution in [0.1, 0.15) is 38.8 Å². The molecule has 0 unspecified atom stereocenters. The topological polar surface area (TPSA) is 92.1 Å². The Morgan fingerprint density at radius 1 is 1.42 bits per heavy atom. The van der Waals surface area contributed by atoms with Gasteiger partial charge in [-0.3, -0.25) is 14.7 Å². The van der Waals surface area contributed by atoms with Crippen LogP contribution in [0.15, 0.2) is 12.3 Å². The van der Waals surface area contributed by atoms with Crippen LogP contribution >= 0.6 is 0 Å². The highest BCUT2D eigenvalue weighted by atomic mass is 16.5. The van der Waals surface area contributed by atoms with Crippen molar-refractivity contribution in [1.29, 1.82) is 0 Å². The van der Waals surface area contributed by atoms with Crippen molar-refractivity contribution in [3.05, 3.63) is 18.0 Å². The number of rotatable bonds is 8. The molecule has 2 atom stereocenters. The maximum atomic E-state index is 12.1.